The topological polar surface area (TPSA) is 147 Å². The third-order valence-electron chi connectivity index (χ3n) is 4.23. The zero-order valence-electron chi connectivity index (χ0n) is 18.9. The van der Waals surface area contributed by atoms with E-state index in [0.29, 0.717) is 33.9 Å². The van der Waals surface area contributed by atoms with Crippen molar-refractivity contribution in [3.8, 4) is 0 Å². The largest absolute Gasteiger partial charge is 0.353 e. The van der Waals surface area contributed by atoms with Gasteiger partial charge >= 0.3 is 0 Å². The van der Waals surface area contributed by atoms with Crippen LogP contribution in [0, 0.1) is 13.8 Å². The minimum atomic E-state index is -3.59. The van der Waals surface area contributed by atoms with Gasteiger partial charge in [-0.3, -0.25) is 14.4 Å². The van der Waals surface area contributed by atoms with E-state index >= 15 is 0 Å². The fourth-order valence-electron chi connectivity index (χ4n) is 2.97. The van der Waals surface area contributed by atoms with Crippen LogP contribution in [0.5, 0.6) is 0 Å². The number of aromatic nitrogens is 3. The number of carbonyl (C=O) groups is 1. The van der Waals surface area contributed by atoms with Crippen molar-refractivity contribution < 1.29 is 18.0 Å². The number of aryl methyl sites for hydroxylation is 2. The molecule has 0 aliphatic carbocycles. The number of pyridine rings is 1. The standard InChI is InChI=1S/C21H24ClN7O4S/c1-5-33-28-21(30)15-11-23-19(27-20-8-12(2)24-13(3)25-20)10-17(15)26-16-7-6-14(22)9-18(16)29-34(4,31)32/h6-11,29H,5H2,1-4H3,(H,28,30)(H2,23,24,25,26,27). The van der Waals surface area contributed by atoms with Crippen LogP contribution in [0.1, 0.15) is 28.8 Å². The van der Waals surface area contributed by atoms with Gasteiger partial charge in [-0.15, -0.1) is 0 Å². The molecule has 0 spiro atoms. The van der Waals surface area contributed by atoms with E-state index in [1.165, 1.54) is 12.3 Å². The second kappa shape index (κ2) is 10.6. The molecule has 180 valence electrons. The molecular formula is C21H24ClN7O4S. The van der Waals surface area contributed by atoms with Gasteiger partial charge in [-0.2, -0.15) is 0 Å². The van der Waals surface area contributed by atoms with Crippen molar-refractivity contribution in [1.29, 1.82) is 0 Å². The molecule has 2 aromatic heterocycles. The molecule has 1 aromatic carbocycles. The van der Waals surface area contributed by atoms with Crippen LogP contribution in [-0.4, -0.2) is 42.1 Å². The van der Waals surface area contributed by atoms with Crippen molar-refractivity contribution >= 4 is 56.2 Å². The molecule has 0 saturated heterocycles. The Kier molecular flexibility index (Phi) is 7.87. The van der Waals surface area contributed by atoms with Crippen LogP contribution in [0.3, 0.4) is 0 Å². The van der Waals surface area contributed by atoms with Gasteiger partial charge in [0.05, 0.1) is 35.5 Å². The summed E-state index contributed by atoms with van der Waals surface area (Å²) < 4.78 is 26.1. The Hall–Kier alpha value is -3.48. The molecule has 34 heavy (non-hydrogen) atoms. The fourth-order valence-corrected chi connectivity index (χ4v) is 3.71. The van der Waals surface area contributed by atoms with E-state index in [4.69, 9.17) is 16.4 Å². The van der Waals surface area contributed by atoms with Gasteiger partial charge in [0.1, 0.15) is 17.5 Å². The SMILES string of the molecule is CCONC(=O)c1cnc(Nc2cc(C)nc(C)n2)cc1Nc1ccc(Cl)cc1NS(C)(=O)=O. The smallest absolute Gasteiger partial charge is 0.278 e. The van der Waals surface area contributed by atoms with E-state index in [1.807, 2.05) is 6.92 Å². The van der Waals surface area contributed by atoms with Gasteiger partial charge in [0.2, 0.25) is 10.0 Å². The first-order valence-corrected chi connectivity index (χ1v) is 12.4. The van der Waals surface area contributed by atoms with Crippen LogP contribution in [0.25, 0.3) is 0 Å². The molecule has 0 unspecified atom stereocenters. The summed E-state index contributed by atoms with van der Waals surface area (Å²) >= 11 is 6.05. The number of carbonyl (C=O) groups excluding carboxylic acids is 1. The number of halogens is 1. The zero-order valence-corrected chi connectivity index (χ0v) is 20.5. The maximum atomic E-state index is 12.7. The van der Waals surface area contributed by atoms with E-state index in [0.717, 1.165) is 11.9 Å². The number of nitrogens with zero attached hydrogens (tertiary/aromatic N) is 3. The van der Waals surface area contributed by atoms with Crippen molar-refractivity contribution in [3.63, 3.8) is 0 Å². The molecule has 0 saturated carbocycles. The number of anilines is 5. The van der Waals surface area contributed by atoms with E-state index in [1.54, 1.807) is 38.1 Å². The molecule has 0 aliphatic heterocycles. The summed E-state index contributed by atoms with van der Waals surface area (Å²) in [5.74, 6) is 0.968. The van der Waals surface area contributed by atoms with Gasteiger partial charge in [-0.1, -0.05) is 11.6 Å². The minimum Gasteiger partial charge on any atom is -0.353 e. The second-order valence-electron chi connectivity index (χ2n) is 7.24. The highest BCUT2D eigenvalue weighted by Crippen LogP contribution is 2.32. The van der Waals surface area contributed by atoms with Crippen molar-refractivity contribution in [3.05, 3.63) is 58.6 Å². The molecule has 4 N–H and O–H groups in total. The van der Waals surface area contributed by atoms with Gasteiger partial charge in [0, 0.05) is 29.0 Å². The summed E-state index contributed by atoms with van der Waals surface area (Å²) in [5.41, 5.74) is 4.17. The molecule has 0 bridgehead atoms. The Morgan fingerprint density at radius 1 is 1.03 bits per heavy atom. The molecule has 13 heteroatoms. The highest BCUT2D eigenvalue weighted by Gasteiger charge is 2.17. The average molecular weight is 506 g/mol. The number of hydrogen-bond donors (Lipinski definition) is 4. The first-order chi connectivity index (χ1) is 16.0. The molecule has 0 fully saturated rings. The number of amides is 1. The summed E-state index contributed by atoms with van der Waals surface area (Å²) in [6, 6.07) is 7.98. The molecular weight excluding hydrogens is 482 g/mol. The maximum Gasteiger partial charge on any atom is 0.278 e. The quantitative estimate of drug-likeness (QED) is 0.319. The average Bonchev–Trinajstić information content (AvgIpc) is 2.72. The van der Waals surface area contributed by atoms with Crippen LogP contribution in [0.2, 0.25) is 5.02 Å². The molecule has 1 amide bonds. The second-order valence-corrected chi connectivity index (χ2v) is 9.42. The first kappa shape index (κ1) is 25.1. The number of sulfonamides is 1. The molecule has 0 radical (unpaired) electrons. The molecule has 0 atom stereocenters. The molecule has 11 nitrogen and oxygen atoms in total. The highest BCUT2D eigenvalue weighted by molar-refractivity contribution is 7.92. The molecule has 0 aliphatic rings. The Balaban J connectivity index is 2.02. The van der Waals surface area contributed by atoms with E-state index in [2.05, 4.69) is 35.8 Å². The Bertz CT molecular complexity index is 1300. The lowest BCUT2D eigenvalue weighted by Gasteiger charge is -2.17. The minimum absolute atomic E-state index is 0.161. The van der Waals surface area contributed by atoms with Crippen LogP contribution < -0.4 is 20.8 Å². The van der Waals surface area contributed by atoms with E-state index < -0.39 is 15.9 Å². The Morgan fingerprint density at radius 3 is 2.47 bits per heavy atom. The van der Waals surface area contributed by atoms with Gasteiger partial charge in [-0.25, -0.2) is 28.8 Å². The van der Waals surface area contributed by atoms with Gasteiger partial charge in [0.15, 0.2) is 0 Å². The first-order valence-electron chi connectivity index (χ1n) is 10.1. The summed E-state index contributed by atoms with van der Waals surface area (Å²) in [5, 5.41) is 6.50. The van der Waals surface area contributed by atoms with Crippen molar-refractivity contribution in [2.45, 2.75) is 20.8 Å². The number of nitrogens with one attached hydrogen (secondary N) is 4. The lowest BCUT2D eigenvalue weighted by atomic mass is 10.2. The zero-order chi connectivity index (χ0) is 24.9. The highest BCUT2D eigenvalue weighted by atomic mass is 35.5. The van der Waals surface area contributed by atoms with Crippen molar-refractivity contribution in [1.82, 2.24) is 20.4 Å². The van der Waals surface area contributed by atoms with E-state index in [9.17, 15) is 13.2 Å². The monoisotopic (exact) mass is 505 g/mol. The number of benzene rings is 1. The summed E-state index contributed by atoms with van der Waals surface area (Å²) in [6.45, 7) is 5.62. The normalized spacial score (nSPS) is 11.1. The summed E-state index contributed by atoms with van der Waals surface area (Å²) in [7, 11) is -3.59. The molecule has 3 aromatic rings. The Morgan fingerprint density at radius 2 is 1.79 bits per heavy atom. The summed E-state index contributed by atoms with van der Waals surface area (Å²) in [6.07, 6.45) is 2.39. The number of hydrogen-bond acceptors (Lipinski definition) is 9. The number of rotatable bonds is 9. The third kappa shape index (κ3) is 7.01. The van der Waals surface area contributed by atoms with Crippen molar-refractivity contribution in [2.24, 2.45) is 0 Å². The lowest BCUT2D eigenvalue weighted by molar-refractivity contribution is 0.0365. The molecule has 3 rings (SSSR count). The van der Waals surface area contributed by atoms with Crippen molar-refractivity contribution in [2.75, 3.05) is 28.2 Å². The lowest BCUT2D eigenvalue weighted by Crippen LogP contribution is -2.24. The van der Waals surface area contributed by atoms with E-state index in [-0.39, 0.29) is 17.9 Å². The predicted molar refractivity (Wildman–Crippen MR) is 131 cm³/mol. The van der Waals surface area contributed by atoms with Crippen LogP contribution in [0.15, 0.2) is 36.5 Å². The van der Waals surface area contributed by atoms with Crippen LogP contribution >= 0.6 is 11.6 Å². The third-order valence-corrected chi connectivity index (χ3v) is 5.05. The maximum absolute atomic E-state index is 12.7. The van der Waals surface area contributed by atoms with Gasteiger partial charge < -0.3 is 10.6 Å². The Labute approximate surface area is 202 Å². The van der Waals surface area contributed by atoms with Gasteiger partial charge in [-0.05, 0) is 39.0 Å². The predicted octanol–water partition coefficient (Wildman–Crippen LogP) is 3.68. The fraction of sp³-hybridized carbons (Fsp3) is 0.238. The van der Waals surface area contributed by atoms with Crippen LogP contribution in [0.4, 0.5) is 28.7 Å². The molecule has 2 heterocycles. The number of hydroxylamine groups is 1. The van der Waals surface area contributed by atoms with Gasteiger partial charge in [0.25, 0.3) is 5.91 Å². The van der Waals surface area contributed by atoms with Crippen LogP contribution in [-0.2, 0) is 14.9 Å². The summed E-state index contributed by atoms with van der Waals surface area (Å²) in [4.78, 5) is 30.5.